The summed E-state index contributed by atoms with van der Waals surface area (Å²) in [5.41, 5.74) is -1.22. The Hall–Kier alpha value is -3.67. The van der Waals surface area contributed by atoms with Crippen LogP contribution in [0.25, 0.3) is 11.3 Å². The summed E-state index contributed by atoms with van der Waals surface area (Å²) < 4.78 is 29.1. The summed E-state index contributed by atoms with van der Waals surface area (Å²) >= 11 is 0. The van der Waals surface area contributed by atoms with Gasteiger partial charge in [-0.2, -0.15) is 5.26 Å². The third-order valence-corrected chi connectivity index (χ3v) is 4.57. The Morgan fingerprint density at radius 1 is 1.11 bits per heavy atom. The van der Waals surface area contributed by atoms with Crippen molar-refractivity contribution >= 4 is 0 Å². The van der Waals surface area contributed by atoms with Crippen molar-refractivity contribution in [2.75, 3.05) is 0 Å². The maximum atomic E-state index is 14.5. The molecule has 1 saturated carbocycles. The number of rotatable bonds is 3. The molecule has 2 aromatic heterocycles. The van der Waals surface area contributed by atoms with Crippen LogP contribution in [0.2, 0.25) is 0 Å². The number of alkyl halides is 2. The van der Waals surface area contributed by atoms with Gasteiger partial charge in [-0.15, -0.1) is 10.2 Å². The number of aromatic amines is 2. The Labute approximate surface area is 150 Å². The van der Waals surface area contributed by atoms with E-state index in [9.17, 15) is 23.6 Å². The number of benzene rings is 1. The van der Waals surface area contributed by atoms with Crippen LogP contribution in [0, 0.1) is 11.3 Å². The first-order chi connectivity index (χ1) is 12.9. The van der Waals surface area contributed by atoms with E-state index in [1.165, 1.54) is 6.07 Å². The summed E-state index contributed by atoms with van der Waals surface area (Å²) in [6.07, 6.45) is 1.13. The zero-order chi connectivity index (χ0) is 19.2. The highest BCUT2D eigenvalue weighted by Gasteiger charge is 2.70. The largest absolute Gasteiger partial charge is 0.325 e. The Bertz CT molecular complexity index is 1180. The van der Waals surface area contributed by atoms with E-state index in [0.29, 0.717) is 5.56 Å². The van der Waals surface area contributed by atoms with Gasteiger partial charge >= 0.3 is 5.69 Å². The first kappa shape index (κ1) is 16.8. The Balaban J connectivity index is 1.82. The number of nitrogens with one attached hydrogen (secondary N) is 2. The summed E-state index contributed by atoms with van der Waals surface area (Å²) in [5.74, 6) is -5.38. The Morgan fingerprint density at radius 3 is 2.52 bits per heavy atom. The van der Waals surface area contributed by atoms with E-state index in [-0.39, 0.29) is 22.5 Å². The van der Waals surface area contributed by atoms with Crippen LogP contribution in [-0.2, 0) is 0 Å². The molecule has 4 rings (SSSR count). The molecule has 9 heteroatoms. The van der Waals surface area contributed by atoms with Gasteiger partial charge in [-0.25, -0.2) is 13.6 Å². The first-order valence-electron chi connectivity index (χ1n) is 7.96. The lowest BCUT2D eigenvalue weighted by molar-refractivity contribution is 0.105. The predicted octanol–water partition coefficient (Wildman–Crippen LogP) is 1.91. The van der Waals surface area contributed by atoms with E-state index in [2.05, 4.69) is 15.2 Å². The summed E-state index contributed by atoms with van der Waals surface area (Å²) in [5, 5.41) is 16.7. The number of H-pyrrole nitrogens is 2. The van der Waals surface area contributed by atoms with Crippen molar-refractivity contribution < 1.29 is 8.78 Å². The standard InChI is InChI=1S/C18H11F2N5O2/c19-18(20)14(9-4-2-1-3-5-9)15(18)10-6-12(24-25-13(10)7-21)11-8-22-17(27)23-16(11)26/h1-6,8,14-15H,(H2,22,23,26,27)/t14-,15-/m1/s1. The van der Waals surface area contributed by atoms with Gasteiger partial charge < -0.3 is 4.98 Å². The second kappa shape index (κ2) is 5.95. The normalized spacial score (nSPS) is 20.0. The van der Waals surface area contributed by atoms with Crippen molar-refractivity contribution in [1.29, 1.82) is 5.26 Å². The van der Waals surface area contributed by atoms with Crippen LogP contribution in [-0.4, -0.2) is 26.1 Å². The van der Waals surface area contributed by atoms with Gasteiger partial charge in [-0.05, 0) is 11.6 Å². The third-order valence-electron chi connectivity index (χ3n) is 4.57. The van der Waals surface area contributed by atoms with Gasteiger partial charge in [-0.1, -0.05) is 30.3 Å². The number of halogens is 2. The van der Waals surface area contributed by atoms with Crippen LogP contribution in [0.5, 0.6) is 0 Å². The molecule has 0 spiro atoms. The molecule has 1 aliphatic carbocycles. The Kier molecular flexibility index (Phi) is 3.70. The lowest BCUT2D eigenvalue weighted by Gasteiger charge is -2.05. The number of hydrogen-bond donors (Lipinski definition) is 2. The Morgan fingerprint density at radius 2 is 1.85 bits per heavy atom. The molecule has 0 radical (unpaired) electrons. The topological polar surface area (TPSA) is 115 Å². The SMILES string of the molecule is N#Cc1nnc(-c2c[nH]c(=O)[nH]c2=O)cc1[C@@H]1[C@@H](c2ccccc2)C1(F)F. The first-order valence-corrected chi connectivity index (χ1v) is 7.96. The van der Waals surface area contributed by atoms with Crippen LogP contribution in [0.4, 0.5) is 8.78 Å². The van der Waals surface area contributed by atoms with E-state index in [4.69, 9.17) is 0 Å². The number of nitrogens with zero attached hydrogens (tertiary/aromatic N) is 3. The quantitative estimate of drug-likeness (QED) is 0.734. The summed E-state index contributed by atoms with van der Waals surface area (Å²) in [6.45, 7) is 0. The van der Waals surface area contributed by atoms with Crippen LogP contribution < -0.4 is 11.2 Å². The molecule has 134 valence electrons. The fraction of sp³-hybridized carbons (Fsp3) is 0.167. The van der Waals surface area contributed by atoms with Gasteiger partial charge in [-0.3, -0.25) is 9.78 Å². The molecular weight excluding hydrogens is 356 g/mol. The summed E-state index contributed by atoms with van der Waals surface area (Å²) in [6, 6.07) is 11.3. The lowest BCUT2D eigenvalue weighted by atomic mass is 10.0. The smallest absolute Gasteiger partial charge is 0.313 e. The number of aromatic nitrogens is 4. The third kappa shape index (κ3) is 2.71. The average Bonchev–Trinajstić information content (AvgIpc) is 3.24. The van der Waals surface area contributed by atoms with Crippen molar-refractivity contribution in [3.63, 3.8) is 0 Å². The van der Waals surface area contributed by atoms with E-state index >= 15 is 0 Å². The number of nitriles is 1. The van der Waals surface area contributed by atoms with Gasteiger partial charge in [0.05, 0.1) is 17.4 Å². The van der Waals surface area contributed by atoms with E-state index in [1.54, 1.807) is 36.4 Å². The fourth-order valence-electron chi connectivity index (χ4n) is 3.25. The molecule has 3 aromatic rings. The van der Waals surface area contributed by atoms with Crippen LogP contribution in [0.15, 0.2) is 52.2 Å². The molecule has 0 saturated heterocycles. The second-order valence-electron chi connectivity index (χ2n) is 6.17. The highest BCUT2D eigenvalue weighted by atomic mass is 19.3. The van der Waals surface area contributed by atoms with Crippen molar-refractivity contribution in [1.82, 2.24) is 20.2 Å². The summed E-state index contributed by atoms with van der Waals surface area (Å²) in [7, 11) is 0. The predicted molar refractivity (Wildman–Crippen MR) is 90.3 cm³/mol. The van der Waals surface area contributed by atoms with Crippen molar-refractivity contribution in [3.8, 4) is 17.3 Å². The molecule has 1 aliphatic rings. The van der Waals surface area contributed by atoms with Gasteiger partial charge in [0.1, 0.15) is 11.8 Å². The van der Waals surface area contributed by atoms with Gasteiger partial charge in [0.15, 0.2) is 5.69 Å². The maximum absolute atomic E-state index is 14.5. The molecule has 7 nitrogen and oxygen atoms in total. The van der Waals surface area contributed by atoms with Crippen LogP contribution >= 0.6 is 0 Å². The molecule has 2 heterocycles. The van der Waals surface area contributed by atoms with Crippen molar-refractivity contribution in [3.05, 3.63) is 80.3 Å². The zero-order valence-electron chi connectivity index (χ0n) is 13.6. The molecule has 0 amide bonds. The summed E-state index contributed by atoms with van der Waals surface area (Å²) in [4.78, 5) is 27.4. The van der Waals surface area contributed by atoms with Crippen LogP contribution in [0.3, 0.4) is 0 Å². The monoisotopic (exact) mass is 367 g/mol. The molecule has 1 fully saturated rings. The lowest BCUT2D eigenvalue weighted by Crippen LogP contribution is -2.23. The second-order valence-corrected chi connectivity index (χ2v) is 6.17. The van der Waals surface area contributed by atoms with E-state index < -0.39 is 29.0 Å². The zero-order valence-corrected chi connectivity index (χ0v) is 13.6. The van der Waals surface area contributed by atoms with Crippen molar-refractivity contribution in [2.45, 2.75) is 17.8 Å². The maximum Gasteiger partial charge on any atom is 0.325 e. The van der Waals surface area contributed by atoms with Crippen molar-refractivity contribution in [2.24, 2.45) is 0 Å². The molecule has 1 aromatic carbocycles. The minimum Gasteiger partial charge on any atom is -0.313 e. The molecule has 27 heavy (non-hydrogen) atoms. The average molecular weight is 367 g/mol. The number of hydrogen-bond acceptors (Lipinski definition) is 5. The molecule has 0 aliphatic heterocycles. The highest BCUT2D eigenvalue weighted by Crippen LogP contribution is 2.67. The molecule has 0 unspecified atom stereocenters. The minimum absolute atomic E-state index is 0.00369. The highest BCUT2D eigenvalue weighted by molar-refractivity contribution is 5.60. The van der Waals surface area contributed by atoms with E-state index in [1.807, 2.05) is 4.98 Å². The molecular formula is C18H11F2N5O2. The van der Waals surface area contributed by atoms with E-state index in [0.717, 1.165) is 6.20 Å². The fourth-order valence-corrected chi connectivity index (χ4v) is 3.25. The van der Waals surface area contributed by atoms with Gasteiger partial charge in [0, 0.05) is 11.8 Å². The minimum atomic E-state index is -3.05. The molecule has 0 bridgehead atoms. The van der Waals surface area contributed by atoms with Crippen LogP contribution in [0.1, 0.15) is 28.7 Å². The molecule has 2 atom stereocenters. The van der Waals surface area contributed by atoms with Gasteiger partial charge in [0.25, 0.3) is 11.5 Å². The van der Waals surface area contributed by atoms with Gasteiger partial charge in [0.2, 0.25) is 0 Å². The molecule has 2 N–H and O–H groups in total.